The summed E-state index contributed by atoms with van der Waals surface area (Å²) in [5, 5.41) is 3.59. The Kier molecular flexibility index (Phi) is 3.57. The molecule has 0 aromatic carbocycles. The van der Waals surface area contributed by atoms with Crippen molar-refractivity contribution in [3.63, 3.8) is 0 Å². The molecule has 1 unspecified atom stereocenters. The number of hydrogen-bond acceptors (Lipinski definition) is 3. The van der Waals surface area contributed by atoms with E-state index in [4.69, 9.17) is 0 Å². The van der Waals surface area contributed by atoms with Gasteiger partial charge in [-0.1, -0.05) is 0 Å². The molecule has 1 N–H and O–H groups in total. The average Bonchev–Trinajstić information content (AvgIpc) is 2.64. The quantitative estimate of drug-likeness (QED) is 0.760. The first-order valence-corrected chi connectivity index (χ1v) is 6.71. The Labute approximate surface area is 100 Å². The van der Waals surface area contributed by atoms with Gasteiger partial charge in [-0.05, 0) is 34.1 Å². The number of nitrogens with zero attached hydrogens (tertiary/aromatic N) is 2. The number of nitrogens with one attached hydrogen (secondary N) is 1. The van der Waals surface area contributed by atoms with Crippen molar-refractivity contribution < 1.29 is 0 Å². The minimum atomic E-state index is 0.295. The molecule has 0 spiro atoms. The molecule has 1 atom stereocenters. The lowest BCUT2D eigenvalue weighted by atomic mass is 10.0. The molecule has 0 bridgehead atoms. The molecule has 2 heterocycles. The third-order valence-electron chi connectivity index (χ3n) is 4.04. The van der Waals surface area contributed by atoms with Crippen molar-refractivity contribution in [3.05, 3.63) is 0 Å². The van der Waals surface area contributed by atoms with Crippen molar-refractivity contribution in [2.75, 3.05) is 32.7 Å². The largest absolute Gasteiger partial charge is 0.309 e. The van der Waals surface area contributed by atoms with Crippen LogP contribution in [0.4, 0.5) is 0 Å². The van der Waals surface area contributed by atoms with Crippen LogP contribution in [-0.2, 0) is 0 Å². The van der Waals surface area contributed by atoms with E-state index in [1.807, 2.05) is 0 Å². The minimum Gasteiger partial charge on any atom is -0.309 e. The molecule has 0 saturated carbocycles. The Morgan fingerprint density at radius 3 is 2.56 bits per heavy atom. The second-order valence-corrected chi connectivity index (χ2v) is 6.31. The highest BCUT2D eigenvalue weighted by Crippen LogP contribution is 2.21. The van der Waals surface area contributed by atoms with Crippen molar-refractivity contribution in [1.29, 1.82) is 0 Å². The molecule has 0 aliphatic carbocycles. The fraction of sp³-hybridized carbons (Fsp3) is 1.00. The van der Waals surface area contributed by atoms with E-state index < -0.39 is 0 Å². The first-order chi connectivity index (χ1) is 7.48. The van der Waals surface area contributed by atoms with Crippen molar-refractivity contribution in [3.8, 4) is 0 Å². The van der Waals surface area contributed by atoms with E-state index in [1.54, 1.807) is 0 Å². The summed E-state index contributed by atoms with van der Waals surface area (Å²) >= 11 is 0. The zero-order chi connectivity index (χ0) is 11.8. The summed E-state index contributed by atoms with van der Waals surface area (Å²) in [6, 6.07) is 1.50. The molecular formula is C13H27N3. The smallest absolute Gasteiger partial charge is 0.0252 e. The van der Waals surface area contributed by atoms with Crippen LogP contribution in [0.2, 0.25) is 0 Å². The van der Waals surface area contributed by atoms with E-state index in [1.165, 1.54) is 32.6 Å². The van der Waals surface area contributed by atoms with Crippen LogP contribution < -0.4 is 5.32 Å². The van der Waals surface area contributed by atoms with Crippen LogP contribution in [0.15, 0.2) is 0 Å². The van der Waals surface area contributed by atoms with Gasteiger partial charge in [0.1, 0.15) is 0 Å². The van der Waals surface area contributed by atoms with E-state index in [0.717, 1.165) is 12.6 Å². The van der Waals surface area contributed by atoms with E-state index in [2.05, 4.69) is 42.8 Å². The molecule has 2 aliphatic rings. The van der Waals surface area contributed by atoms with Crippen molar-refractivity contribution in [2.24, 2.45) is 0 Å². The van der Waals surface area contributed by atoms with Gasteiger partial charge in [0.05, 0.1) is 0 Å². The van der Waals surface area contributed by atoms with Crippen LogP contribution in [0.3, 0.4) is 0 Å². The summed E-state index contributed by atoms with van der Waals surface area (Å²) in [4.78, 5) is 5.30. The predicted octanol–water partition coefficient (Wildman–Crippen LogP) is 1.15. The molecule has 3 heteroatoms. The Balaban J connectivity index is 1.89. The molecule has 0 radical (unpaired) electrons. The van der Waals surface area contributed by atoms with Gasteiger partial charge in [0, 0.05) is 50.3 Å². The maximum absolute atomic E-state index is 3.59. The molecule has 2 rings (SSSR count). The SMILES string of the molecule is CC(C)N1CCC(N2CCNC(C)(C)C2)C1. The molecule has 0 aromatic heterocycles. The maximum Gasteiger partial charge on any atom is 0.0252 e. The molecule has 16 heavy (non-hydrogen) atoms. The fourth-order valence-electron chi connectivity index (χ4n) is 3.03. The van der Waals surface area contributed by atoms with Crippen LogP contribution in [0, 0.1) is 0 Å². The van der Waals surface area contributed by atoms with Crippen LogP contribution in [-0.4, -0.2) is 60.1 Å². The predicted molar refractivity (Wildman–Crippen MR) is 68.8 cm³/mol. The van der Waals surface area contributed by atoms with Crippen molar-refractivity contribution in [1.82, 2.24) is 15.1 Å². The van der Waals surface area contributed by atoms with Gasteiger partial charge >= 0.3 is 0 Å². The highest BCUT2D eigenvalue weighted by molar-refractivity contribution is 4.93. The van der Waals surface area contributed by atoms with E-state index in [9.17, 15) is 0 Å². The Morgan fingerprint density at radius 2 is 2.00 bits per heavy atom. The molecular weight excluding hydrogens is 198 g/mol. The van der Waals surface area contributed by atoms with E-state index >= 15 is 0 Å². The van der Waals surface area contributed by atoms with E-state index in [-0.39, 0.29) is 0 Å². The monoisotopic (exact) mass is 225 g/mol. The lowest BCUT2D eigenvalue weighted by Crippen LogP contribution is -2.59. The second-order valence-electron chi connectivity index (χ2n) is 6.31. The molecule has 3 nitrogen and oxygen atoms in total. The minimum absolute atomic E-state index is 0.295. The molecule has 2 aliphatic heterocycles. The number of hydrogen-bond donors (Lipinski definition) is 1. The zero-order valence-corrected chi connectivity index (χ0v) is 11.3. The summed E-state index contributed by atoms with van der Waals surface area (Å²) < 4.78 is 0. The number of piperazine rings is 1. The first kappa shape index (κ1) is 12.3. The third-order valence-corrected chi connectivity index (χ3v) is 4.04. The van der Waals surface area contributed by atoms with Gasteiger partial charge in [0.2, 0.25) is 0 Å². The fourth-order valence-corrected chi connectivity index (χ4v) is 3.03. The molecule has 0 aromatic rings. The zero-order valence-electron chi connectivity index (χ0n) is 11.3. The van der Waals surface area contributed by atoms with Gasteiger partial charge in [0.15, 0.2) is 0 Å². The summed E-state index contributed by atoms with van der Waals surface area (Å²) in [6.45, 7) is 15.4. The van der Waals surface area contributed by atoms with Gasteiger partial charge in [-0.2, -0.15) is 0 Å². The van der Waals surface area contributed by atoms with Crippen LogP contribution in [0.1, 0.15) is 34.1 Å². The van der Waals surface area contributed by atoms with Crippen molar-refractivity contribution in [2.45, 2.75) is 51.7 Å². The molecule has 94 valence electrons. The van der Waals surface area contributed by atoms with E-state index in [0.29, 0.717) is 11.6 Å². The summed E-state index contributed by atoms with van der Waals surface area (Å²) in [5.74, 6) is 0. The maximum atomic E-state index is 3.59. The Bertz CT molecular complexity index is 237. The Hall–Kier alpha value is -0.120. The lowest BCUT2D eigenvalue weighted by molar-refractivity contribution is 0.108. The van der Waals surface area contributed by atoms with Gasteiger partial charge in [-0.15, -0.1) is 0 Å². The van der Waals surface area contributed by atoms with Crippen LogP contribution in [0.5, 0.6) is 0 Å². The third kappa shape index (κ3) is 2.76. The van der Waals surface area contributed by atoms with Crippen molar-refractivity contribution >= 4 is 0 Å². The highest BCUT2D eigenvalue weighted by atomic mass is 15.3. The highest BCUT2D eigenvalue weighted by Gasteiger charge is 2.34. The summed E-state index contributed by atoms with van der Waals surface area (Å²) in [7, 11) is 0. The molecule has 2 fully saturated rings. The molecule has 0 amide bonds. The standard InChI is InChI=1S/C13H27N3/c1-11(2)15-7-5-12(9-15)16-8-6-14-13(3,4)10-16/h11-12,14H,5-10H2,1-4H3. The van der Waals surface area contributed by atoms with Gasteiger partial charge < -0.3 is 5.32 Å². The Morgan fingerprint density at radius 1 is 1.25 bits per heavy atom. The number of likely N-dealkylation sites (tertiary alicyclic amines) is 1. The average molecular weight is 225 g/mol. The second kappa shape index (κ2) is 4.63. The van der Waals surface area contributed by atoms with Gasteiger partial charge in [-0.25, -0.2) is 0 Å². The molecule has 2 saturated heterocycles. The summed E-state index contributed by atoms with van der Waals surface area (Å²) in [5.41, 5.74) is 0.295. The summed E-state index contributed by atoms with van der Waals surface area (Å²) in [6.07, 6.45) is 1.36. The normalized spacial score (nSPS) is 32.4. The topological polar surface area (TPSA) is 18.5 Å². The van der Waals surface area contributed by atoms with Crippen LogP contribution >= 0.6 is 0 Å². The number of rotatable bonds is 2. The van der Waals surface area contributed by atoms with Gasteiger partial charge in [0.25, 0.3) is 0 Å². The van der Waals surface area contributed by atoms with Gasteiger partial charge in [-0.3, -0.25) is 9.80 Å². The van der Waals surface area contributed by atoms with Crippen LogP contribution in [0.25, 0.3) is 0 Å². The first-order valence-electron chi connectivity index (χ1n) is 6.71. The lowest BCUT2D eigenvalue weighted by Gasteiger charge is -2.42.